The van der Waals surface area contributed by atoms with E-state index in [4.69, 9.17) is 9.47 Å². The Morgan fingerprint density at radius 1 is 1.07 bits per heavy atom. The van der Waals surface area contributed by atoms with Gasteiger partial charge in [-0.25, -0.2) is 9.69 Å². The van der Waals surface area contributed by atoms with E-state index in [0.717, 1.165) is 55.6 Å². The number of imide groups is 1. The van der Waals surface area contributed by atoms with Crippen LogP contribution in [-0.2, 0) is 11.3 Å². The SMILES string of the molecule is CN(Cc1ccc2c(c1)OCCO2)CN1C(=O)NC2(CCCCCC2)C1=O. The summed E-state index contributed by atoms with van der Waals surface area (Å²) < 4.78 is 11.2. The van der Waals surface area contributed by atoms with E-state index in [-0.39, 0.29) is 18.6 Å². The van der Waals surface area contributed by atoms with Crippen molar-refractivity contribution in [3.05, 3.63) is 23.8 Å². The van der Waals surface area contributed by atoms with Crippen LogP contribution in [0.2, 0.25) is 0 Å². The molecule has 1 aromatic rings. The van der Waals surface area contributed by atoms with Gasteiger partial charge in [-0.15, -0.1) is 0 Å². The maximum atomic E-state index is 13.0. The highest BCUT2D eigenvalue weighted by Crippen LogP contribution is 2.33. The third-order valence-electron chi connectivity index (χ3n) is 5.64. The average Bonchev–Trinajstić information content (AvgIpc) is 2.83. The quantitative estimate of drug-likeness (QED) is 0.821. The van der Waals surface area contributed by atoms with E-state index in [1.807, 2.05) is 30.1 Å². The van der Waals surface area contributed by atoms with E-state index >= 15 is 0 Å². The summed E-state index contributed by atoms with van der Waals surface area (Å²) >= 11 is 0. The van der Waals surface area contributed by atoms with Gasteiger partial charge in [-0.3, -0.25) is 9.69 Å². The molecule has 7 heteroatoms. The summed E-state index contributed by atoms with van der Waals surface area (Å²) in [6, 6.07) is 5.59. The fraction of sp³-hybridized carbons (Fsp3) is 0.600. The molecule has 7 nitrogen and oxygen atoms in total. The van der Waals surface area contributed by atoms with Gasteiger partial charge in [-0.1, -0.05) is 31.7 Å². The molecule has 2 fully saturated rings. The molecule has 0 atom stereocenters. The van der Waals surface area contributed by atoms with Gasteiger partial charge in [0.25, 0.3) is 5.91 Å². The smallest absolute Gasteiger partial charge is 0.326 e. The van der Waals surface area contributed by atoms with Crippen molar-refractivity contribution in [3.8, 4) is 11.5 Å². The Kier molecular flexibility index (Phi) is 4.95. The summed E-state index contributed by atoms with van der Waals surface area (Å²) in [5.41, 5.74) is 0.379. The molecule has 1 aromatic carbocycles. The van der Waals surface area contributed by atoms with Crippen molar-refractivity contribution in [2.24, 2.45) is 0 Å². The molecule has 1 aliphatic carbocycles. The summed E-state index contributed by atoms with van der Waals surface area (Å²) in [4.78, 5) is 28.8. The van der Waals surface area contributed by atoms with Gasteiger partial charge in [0.15, 0.2) is 11.5 Å². The molecule has 1 N–H and O–H groups in total. The predicted molar refractivity (Wildman–Crippen MR) is 99.6 cm³/mol. The van der Waals surface area contributed by atoms with Crippen molar-refractivity contribution in [2.45, 2.75) is 50.6 Å². The van der Waals surface area contributed by atoms with E-state index in [0.29, 0.717) is 19.8 Å². The first-order chi connectivity index (χ1) is 13.1. The molecule has 3 aliphatic rings. The zero-order chi connectivity index (χ0) is 18.9. The molecule has 1 spiro atoms. The van der Waals surface area contributed by atoms with Gasteiger partial charge < -0.3 is 14.8 Å². The largest absolute Gasteiger partial charge is 0.486 e. The number of hydrogen-bond donors (Lipinski definition) is 1. The Bertz CT molecular complexity index is 728. The van der Waals surface area contributed by atoms with Gasteiger partial charge >= 0.3 is 6.03 Å². The lowest BCUT2D eigenvalue weighted by molar-refractivity contribution is -0.133. The molecule has 0 aromatic heterocycles. The number of ether oxygens (including phenoxy) is 2. The summed E-state index contributed by atoms with van der Waals surface area (Å²) in [6.45, 7) is 2.01. The molecule has 0 unspecified atom stereocenters. The fourth-order valence-corrected chi connectivity index (χ4v) is 4.26. The number of nitrogens with zero attached hydrogens (tertiary/aromatic N) is 2. The standard InChI is InChI=1S/C20H27N3O4/c1-22(13-15-6-7-16-17(12-15)27-11-10-26-16)14-23-18(24)20(21-19(23)25)8-4-2-3-5-9-20/h6-7,12H,2-5,8-11,13-14H2,1H3,(H,21,25). The number of hydrogen-bond acceptors (Lipinski definition) is 5. The van der Waals surface area contributed by atoms with E-state index in [2.05, 4.69) is 5.32 Å². The topological polar surface area (TPSA) is 71.1 Å². The zero-order valence-electron chi connectivity index (χ0n) is 15.8. The highest BCUT2D eigenvalue weighted by atomic mass is 16.6. The Balaban J connectivity index is 1.41. The van der Waals surface area contributed by atoms with Gasteiger partial charge in [0.05, 0.1) is 6.67 Å². The fourth-order valence-electron chi connectivity index (χ4n) is 4.26. The van der Waals surface area contributed by atoms with Crippen LogP contribution in [0.5, 0.6) is 11.5 Å². The Morgan fingerprint density at radius 2 is 1.78 bits per heavy atom. The van der Waals surface area contributed by atoms with E-state index in [9.17, 15) is 9.59 Å². The minimum absolute atomic E-state index is 0.0663. The summed E-state index contributed by atoms with van der Waals surface area (Å²) in [5.74, 6) is 1.44. The van der Waals surface area contributed by atoms with Crippen LogP contribution in [0.25, 0.3) is 0 Å². The first kappa shape index (κ1) is 18.1. The van der Waals surface area contributed by atoms with E-state index < -0.39 is 5.54 Å². The van der Waals surface area contributed by atoms with Gasteiger partial charge in [-0.2, -0.15) is 0 Å². The molecule has 2 heterocycles. The minimum atomic E-state index is -0.675. The Hall–Kier alpha value is -2.28. The highest BCUT2D eigenvalue weighted by Gasteiger charge is 2.50. The molecule has 3 amide bonds. The molecule has 0 radical (unpaired) electrons. The molecule has 1 saturated carbocycles. The Morgan fingerprint density at radius 3 is 2.52 bits per heavy atom. The van der Waals surface area contributed by atoms with Crippen LogP contribution in [0.3, 0.4) is 0 Å². The molecule has 146 valence electrons. The number of fused-ring (bicyclic) bond motifs is 1. The lowest BCUT2D eigenvalue weighted by Gasteiger charge is -2.26. The van der Waals surface area contributed by atoms with Crippen molar-refractivity contribution in [1.82, 2.24) is 15.1 Å². The summed E-state index contributed by atoms with van der Waals surface area (Å²) in [5, 5.41) is 2.99. The first-order valence-corrected chi connectivity index (χ1v) is 9.79. The molecule has 4 rings (SSSR count). The molecular weight excluding hydrogens is 346 g/mol. The second kappa shape index (κ2) is 7.38. The van der Waals surface area contributed by atoms with E-state index in [1.54, 1.807) is 0 Å². The number of carbonyl (C=O) groups is 2. The number of carbonyl (C=O) groups excluding carboxylic acids is 2. The van der Waals surface area contributed by atoms with Gasteiger partial charge in [0.1, 0.15) is 18.8 Å². The highest BCUT2D eigenvalue weighted by molar-refractivity contribution is 6.07. The van der Waals surface area contributed by atoms with Crippen molar-refractivity contribution in [2.75, 3.05) is 26.9 Å². The van der Waals surface area contributed by atoms with Gasteiger partial charge in [0, 0.05) is 6.54 Å². The van der Waals surface area contributed by atoms with Crippen LogP contribution in [0.15, 0.2) is 18.2 Å². The van der Waals surface area contributed by atoms with Gasteiger partial charge in [0.2, 0.25) is 0 Å². The normalized spacial score (nSPS) is 21.5. The van der Waals surface area contributed by atoms with E-state index in [1.165, 1.54) is 4.90 Å². The average molecular weight is 373 g/mol. The maximum Gasteiger partial charge on any atom is 0.326 e. The summed E-state index contributed by atoms with van der Waals surface area (Å²) in [7, 11) is 1.91. The van der Waals surface area contributed by atoms with Crippen molar-refractivity contribution >= 4 is 11.9 Å². The third-order valence-corrected chi connectivity index (χ3v) is 5.64. The first-order valence-electron chi connectivity index (χ1n) is 9.79. The number of nitrogens with one attached hydrogen (secondary N) is 1. The third kappa shape index (κ3) is 3.60. The Labute approximate surface area is 159 Å². The van der Waals surface area contributed by atoms with Crippen LogP contribution in [0.1, 0.15) is 44.1 Å². The monoisotopic (exact) mass is 373 g/mol. The van der Waals surface area contributed by atoms with Gasteiger partial charge in [-0.05, 0) is 37.6 Å². The van der Waals surface area contributed by atoms with Crippen LogP contribution in [-0.4, -0.2) is 54.2 Å². The van der Waals surface area contributed by atoms with Crippen LogP contribution < -0.4 is 14.8 Å². The number of rotatable bonds is 4. The molecule has 0 bridgehead atoms. The summed E-state index contributed by atoms with van der Waals surface area (Å²) in [6.07, 6.45) is 5.75. The molecule has 1 saturated heterocycles. The van der Waals surface area contributed by atoms with Crippen LogP contribution >= 0.6 is 0 Å². The molecule has 27 heavy (non-hydrogen) atoms. The second-order valence-corrected chi connectivity index (χ2v) is 7.79. The van der Waals surface area contributed by atoms with Crippen molar-refractivity contribution in [3.63, 3.8) is 0 Å². The van der Waals surface area contributed by atoms with Crippen LogP contribution in [0, 0.1) is 0 Å². The number of urea groups is 1. The molecule has 2 aliphatic heterocycles. The van der Waals surface area contributed by atoms with Crippen LogP contribution in [0.4, 0.5) is 4.79 Å². The number of amides is 3. The number of benzene rings is 1. The minimum Gasteiger partial charge on any atom is -0.486 e. The molecular formula is C20H27N3O4. The van der Waals surface area contributed by atoms with Crippen molar-refractivity contribution < 1.29 is 19.1 Å². The maximum absolute atomic E-state index is 13.0. The second-order valence-electron chi connectivity index (χ2n) is 7.79. The predicted octanol–water partition coefficient (Wildman–Crippen LogP) is 2.49. The lowest BCUT2D eigenvalue weighted by Crippen LogP contribution is -2.47. The lowest BCUT2D eigenvalue weighted by atomic mass is 9.90. The van der Waals surface area contributed by atoms with Crippen molar-refractivity contribution in [1.29, 1.82) is 0 Å². The zero-order valence-corrected chi connectivity index (χ0v) is 15.8.